The monoisotopic (exact) mass is 1860 g/mol. The Balaban J connectivity index is 0.623. The minimum atomic E-state index is -0.505. The molecular weight excluding hydrogens is 1710 g/mol. The average molecular weight is 1860 g/mol. The van der Waals surface area contributed by atoms with Crippen molar-refractivity contribution in [2.45, 2.75) is 276 Å². The van der Waals surface area contributed by atoms with Crippen molar-refractivity contribution in [3.63, 3.8) is 0 Å². The lowest BCUT2D eigenvalue weighted by Crippen LogP contribution is -2.26. The fourth-order valence-corrected chi connectivity index (χ4v) is 25.4. The first-order chi connectivity index (χ1) is 70.0. The molecule has 4 aliphatic carbocycles. The number of fused-ring (bicyclic) bond motifs is 10. The van der Waals surface area contributed by atoms with Crippen molar-refractivity contribution in [2.75, 3.05) is 14.7 Å². The number of rotatable bonds is 46. The van der Waals surface area contributed by atoms with Crippen LogP contribution in [0, 0.1) is 0 Å². The van der Waals surface area contributed by atoms with Gasteiger partial charge < -0.3 is 14.7 Å². The highest BCUT2D eigenvalue weighted by Crippen LogP contribution is 2.61. The summed E-state index contributed by atoms with van der Waals surface area (Å²) < 4.78 is 0. The molecule has 0 radical (unpaired) electrons. The van der Waals surface area contributed by atoms with E-state index in [-0.39, 0.29) is 16.2 Å². The Hall–Kier alpha value is -13.1. The van der Waals surface area contributed by atoms with E-state index in [0.717, 1.165) is 53.4 Å². The summed E-state index contributed by atoms with van der Waals surface area (Å²) in [6, 6.07) is 146. The minimum absolute atomic E-state index is 0.0141. The van der Waals surface area contributed by atoms with Gasteiger partial charge in [0.1, 0.15) is 0 Å². The van der Waals surface area contributed by atoms with Gasteiger partial charge in [0.25, 0.3) is 0 Å². The molecule has 16 aromatic carbocycles. The van der Waals surface area contributed by atoms with Gasteiger partial charge in [0, 0.05) is 72.8 Å². The highest BCUT2D eigenvalue weighted by molar-refractivity contribution is 5.91. The summed E-state index contributed by atoms with van der Waals surface area (Å²) in [4.78, 5) is 7.54. The van der Waals surface area contributed by atoms with Crippen LogP contribution in [0.2, 0.25) is 0 Å². The standard InChI is InChI=1S/C139H147N3/c1-8-14-20-38-92-137(93-39-21-15-9-2)130-51-35-32-48-124(130)127-89-86-121(99-133(127)137)140(115-44-28-26-29-45-115)117-78-64-104(65-79-117)102-58-72-112(73-59-102)136(7,114-76-62-109(63-77-114)111-57-55-108-54-56-110(108)98-111)113-74-60-103(61-75-113)105-66-82-119(83-67-105)142(123-88-91-129-126-50-34-37-53-132(126)139(135(129)101-123,96-42-24-18-12-5)97-43-25-19-13-6)120-84-70-107(71-85-120)106-68-80-118(81-69-106)141(116-46-30-27-31-47-116)122-87-90-128-125-49-33-36-52-131(125)138(134(128)100-122,94-40-22-16-10-3)95-41-23-17-11-4/h26-37,44-53,55,57-91,98-101H,8-25,38-43,54,56,92-97H2,1-7H3. The molecule has 0 N–H and O–H groups in total. The van der Waals surface area contributed by atoms with Crippen LogP contribution in [0.25, 0.3) is 77.9 Å². The van der Waals surface area contributed by atoms with Gasteiger partial charge in [-0.1, -0.05) is 463 Å². The molecule has 16 aromatic rings. The Kier molecular flexibility index (Phi) is 30.0. The van der Waals surface area contributed by atoms with E-state index in [1.54, 1.807) is 0 Å². The maximum atomic E-state index is 2.62. The number of aryl methyl sites for hydroxylation is 2. The molecule has 3 heteroatoms. The molecule has 0 aromatic heterocycles. The average Bonchev–Trinajstić information content (AvgIpc) is 1.57. The molecular formula is C139H147N3. The van der Waals surface area contributed by atoms with Crippen molar-refractivity contribution >= 4 is 51.2 Å². The molecule has 718 valence electrons. The lowest BCUT2D eigenvalue weighted by Gasteiger charge is -2.34. The van der Waals surface area contributed by atoms with E-state index in [2.05, 4.69) is 439 Å². The molecule has 3 nitrogen and oxygen atoms in total. The second-order valence-electron chi connectivity index (χ2n) is 42.1. The number of para-hydroxylation sites is 2. The van der Waals surface area contributed by atoms with Crippen LogP contribution in [-0.4, -0.2) is 0 Å². The number of hydrogen-bond acceptors (Lipinski definition) is 3. The predicted molar refractivity (Wildman–Crippen MR) is 609 cm³/mol. The summed E-state index contributed by atoms with van der Waals surface area (Å²) in [5, 5.41) is 0. The van der Waals surface area contributed by atoms with Crippen molar-refractivity contribution in [3.05, 3.63) is 437 Å². The first-order valence-corrected chi connectivity index (χ1v) is 55.1. The SMILES string of the molecule is CCCCCCC1(CCCCCC)c2ccccc2-c2ccc(N(c3ccccc3)c3ccc(-c4ccc(N(c5ccc(-c6ccc(C(C)(c7ccc(-c8ccc(N(c9ccccc9)c9ccc%10c(c9)C(CCCCCC)(CCCCCC)c9ccccc9-%10)cc8)cc7)c7ccc(-c8ccc9c(c8)CC9)cc7)cc6)cc5)c5ccc6c(c5)C(CCCCCC)(CCCCCC)c5ccccc5-6)cc4)cc3)cc21. The van der Waals surface area contributed by atoms with Crippen molar-refractivity contribution in [1.82, 2.24) is 0 Å². The van der Waals surface area contributed by atoms with Crippen molar-refractivity contribution in [3.8, 4) is 77.9 Å². The van der Waals surface area contributed by atoms with E-state index < -0.39 is 5.41 Å². The zero-order valence-corrected chi connectivity index (χ0v) is 85.8. The molecule has 0 saturated heterocycles. The Labute approximate surface area is 850 Å². The van der Waals surface area contributed by atoms with Gasteiger partial charge >= 0.3 is 0 Å². The molecule has 0 spiro atoms. The van der Waals surface area contributed by atoms with Crippen LogP contribution in [0.4, 0.5) is 51.2 Å². The normalized spacial score (nSPS) is 13.9. The Morgan fingerprint density at radius 1 is 0.183 bits per heavy atom. The van der Waals surface area contributed by atoms with Gasteiger partial charge in [-0.15, -0.1) is 0 Å². The molecule has 142 heavy (non-hydrogen) atoms. The zero-order valence-electron chi connectivity index (χ0n) is 85.8. The van der Waals surface area contributed by atoms with Crippen LogP contribution >= 0.6 is 0 Å². The molecule has 0 amide bonds. The van der Waals surface area contributed by atoms with E-state index in [9.17, 15) is 0 Å². The molecule has 1 unspecified atom stereocenters. The smallest absolute Gasteiger partial charge is 0.0465 e. The second kappa shape index (κ2) is 44.2. The van der Waals surface area contributed by atoms with Crippen LogP contribution in [0.15, 0.2) is 376 Å². The zero-order chi connectivity index (χ0) is 96.8. The van der Waals surface area contributed by atoms with E-state index >= 15 is 0 Å². The Bertz CT molecular complexity index is 6870. The lowest BCUT2D eigenvalue weighted by molar-refractivity contribution is 0.401. The summed E-state index contributed by atoms with van der Waals surface area (Å²) in [5.74, 6) is 0. The number of nitrogens with zero attached hydrogens (tertiary/aromatic N) is 3. The molecule has 0 bridgehead atoms. The van der Waals surface area contributed by atoms with Crippen LogP contribution in [0.5, 0.6) is 0 Å². The maximum absolute atomic E-state index is 2.62. The third-order valence-corrected chi connectivity index (χ3v) is 33.4. The topological polar surface area (TPSA) is 9.72 Å². The molecule has 0 aliphatic heterocycles. The lowest BCUT2D eigenvalue weighted by atomic mass is 9.70. The number of benzene rings is 16. The van der Waals surface area contributed by atoms with Gasteiger partial charge in [0.2, 0.25) is 0 Å². The summed E-state index contributed by atoms with van der Waals surface area (Å²) in [6.07, 6.45) is 39.5. The molecule has 0 saturated carbocycles. The minimum Gasteiger partial charge on any atom is -0.310 e. The van der Waals surface area contributed by atoms with Gasteiger partial charge in [0.05, 0.1) is 0 Å². The number of hydrogen-bond donors (Lipinski definition) is 0. The van der Waals surface area contributed by atoms with Crippen LogP contribution in [-0.2, 0) is 34.5 Å². The van der Waals surface area contributed by atoms with Gasteiger partial charge in [-0.2, -0.15) is 0 Å². The summed E-state index contributed by atoms with van der Waals surface area (Å²) >= 11 is 0. The Morgan fingerprint density at radius 2 is 0.401 bits per heavy atom. The van der Waals surface area contributed by atoms with Gasteiger partial charge in [-0.05, 0) is 307 Å². The third kappa shape index (κ3) is 19.3. The van der Waals surface area contributed by atoms with Crippen molar-refractivity contribution in [1.29, 1.82) is 0 Å². The second-order valence-corrected chi connectivity index (χ2v) is 42.1. The molecule has 0 heterocycles. The number of unbranched alkanes of at least 4 members (excludes halogenated alkanes) is 18. The summed E-state index contributed by atoms with van der Waals surface area (Å²) in [7, 11) is 0. The van der Waals surface area contributed by atoms with Crippen LogP contribution < -0.4 is 14.7 Å². The van der Waals surface area contributed by atoms with E-state index in [0.29, 0.717) is 0 Å². The highest BCUT2D eigenvalue weighted by Gasteiger charge is 2.47. The van der Waals surface area contributed by atoms with Crippen molar-refractivity contribution < 1.29 is 0 Å². The molecule has 4 aliphatic rings. The Morgan fingerprint density at radius 3 is 0.655 bits per heavy atom. The maximum Gasteiger partial charge on any atom is 0.0465 e. The largest absolute Gasteiger partial charge is 0.310 e. The van der Waals surface area contributed by atoms with E-state index in [1.165, 1.54) is 342 Å². The van der Waals surface area contributed by atoms with Gasteiger partial charge in [0.15, 0.2) is 0 Å². The van der Waals surface area contributed by atoms with E-state index in [1.807, 2.05) is 0 Å². The quantitative estimate of drug-likeness (QED) is 0.0278. The molecule has 1 atom stereocenters. The van der Waals surface area contributed by atoms with Gasteiger partial charge in [-0.3, -0.25) is 0 Å². The predicted octanol–water partition coefficient (Wildman–Crippen LogP) is 40.8. The van der Waals surface area contributed by atoms with Crippen LogP contribution in [0.3, 0.4) is 0 Å². The van der Waals surface area contributed by atoms with Crippen LogP contribution in [0.1, 0.15) is 302 Å². The fraction of sp³-hybridized carbons (Fsp3) is 0.309. The molecule has 20 rings (SSSR count). The summed E-state index contributed by atoms with van der Waals surface area (Å²) in [6.45, 7) is 16.5. The highest BCUT2D eigenvalue weighted by atomic mass is 15.2. The third-order valence-electron chi connectivity index (χ3n) is 33.4. The first kappa shape index (κ1) is 96.4. The van der Waals surface area contributed by atoms with E-state index in [4.69, 9.17) is 0 Å². The van der Waals surface area contributed by atoms with Gasteiger partial charge in [-0.25, -0.2) is 0 Å². The first-order valence-electron chi connectivity index (χ1n) is 55.1. The fourth-order valence-electron chi connectivity index (χ4n) is 25.4. The summed E-state index contributed by atoms with van der Waals surface area (Å²) in [5.41, 5.74) is 43.9. The number of anilines is 9. The molecule has 0 fully saturated rings. The van der Waals surface area contributed by atoms with Crippen molar-refractivity contribution in [2.24, 2.45) is 0 Å².